The fourth-order valence-electron chi connectivity index (χ4n) is 2.05. The lowest BCUT2D eigenvalue weighted by molar-refractivity contribution is 0.238. The van der Waals surface area contributed by atoms with Gasteiger partial charge in [0.1, 0.15) is 10.8 Å². The maximum absolute atomic E-state index is 13.4. The predicted molar refractivity (Wildman–Crippen MR) is 82.7 cm³/mol. The van der Waals surface area contributed by atoms with E-state index in [1.165, 1.54) is 12.1 Å². The molecular weight excluding hydrogens is 259 g/mol. The average molecular weight is 282 g/mol. The summed E-state index contributed by atoms with van der Waals surface area (Å²) in [6.45, 7) is 9.13. The van der Waals surface area contributed by atoms with Crippen LogP contribution in [0.2, 0.25) is 0 Å². The second-order valence-electron chi connectivity index (χ2n) is 5.01. The van der Waals surface area contributed by atoms with Crippen LogP contribution in [0.4, 0.5) is 4.39 Å². The van der Waals surface area contributed by atoms with Crippen LogP contribution in [0.15, 0.2) is 18.2 Å². The molecule has 0 fully saturated rings. The second kappa shape index (κ2) is 7.56. The quantitative estimate of drug-likeness (QED) is 0.778. The summed E-state index contributed by atoms with van der Waals surface area (Å²) in [5.41, 5.74) is 7.35. The van der Waals surface area contributed by atoms with Crippen LogP contribution in [-0.4, -0.2) is 23.0 Å². The van der Waals surface area contributed by atoms with Gasteiger partial charge in [0.2, 0.25) is 0 Å². The van der Waals surface area contributed by atoms with Crippen molar-refractivity contribution in [1.29, 1.82) is 0 Å². The van der Waals surface area contributed by atoms with Gasteiger partial charge in [-0.3, -0.25) is 4.90 Å². The highest BCUT2D eigenvalue weighted by molar-refractivity contribution is 7.80. The first kappa shape index (κ1) is 16.1. The van der Waals surface area contributed by atoms with E-state index in [1.807, 2.05) is 0 Å². The number of hydrogen-bond acceptors (Lipinski definition) is 2. The third-order valence-electron chi connectivity index (χ3n) is 3.44. The number of rotatable bonds is 7. The lowest BCUT2D eigenvalue weighted by atomic mass is 10.0. The molecule has 1 aromatic carbocycles. The van der Waals surface area contributed by atoms with Crippen molar-refractivity contribution in [3.63, 3.8) is 0 Å². The van der Waals surface area contributed by atoms with Crippen molar-refractivity contribution >= 4 is 17.2 Å². The Morgan fingerprint density at radius 3 is 2.63 bits per heavy atom. The SMILES string of the molecule is CCC(C)CN(CC)Cc1cc(F)ccc1C(N)=S. The van der Waals surface area contributed by atoms with E-state index in [4.69, 9.17) is 18.0 Å². The minimum Gasteiger partial charge on any atom is -0.389 e. The van der Waals surface area contributed by atoms with Crippen molar-refractivity contribution in [1.82, 2.24) is 4.90 Å². The second-order valence-corrected chi connectivity index (χ2v) is 5.45. The van der Waals surface area contributed by atoms with Crippen LogP contribution in [0.1, 0.15) is 38.3 Å². The van der Waals surface area contributed by atoms with E-state index >= 15 is 0 Å². The molecule has 1 rings (SSSR count). The molecule has 0 saturated carbocycles. The molecule has 0 spiro atoms. The van der Waals surface area contributed by atoms with Crippen LogP contribution in [0, 0.1) is 11.7 Å². The molecular formula is C15H23FN2S. The minimum absolute atomic E-state index is 0.241. The third-order valence-corrected chi connectivity index (χ3v) is 3.66. The number of thiocarbonyl (C=S) groups is 1. The molecule has 19 heavy (non-hydrogen) atoms. The van der Waals surface area contributed by atoms with Gasteiger partial charge in [-0.25, -0.2) is 4.39 Å². The van der Waals surface area contributed by atoms with Crippen molar-refractivity contribution in [3.8, 4) is 0 Å². The molecule has 0 heterocycles. The lowest BCUT2D eigenvalue weighted by Gasteiger charge is -2.24. The van der Waals surface area contributed by atoms with E-state index in [0.717, 1.165) is 30.6 Å². The van der Waals surface area contributed by atoms with E-state index in [2.05, 4.69) is 25.7 Å². The molecule has 0 radical (unpaired) electrons. The topological polar surface area (TPSA) is 29.3 Å². The monoisotopic (exact) mass is 282 g/mol. The molecule has 0 amide bonds. The van der Waals surface area contributed by atoms with Gasteiger partial charge in [-0.1, -0.05) is 39.4 Å². The molecule has 2 nitrogen and oxygen atoms in total. The Balaban J connectivity index is 2.89. The molecule has 0 aliphatic carbocycles. The number of nitrogens with two attached hydrogens (primary N) is 1. The summed E-state index contributed by atoms with van der Waals surface area (Å²) in [7, 11) is 0. The van der Waals surface area contributed by atoms with Crippen molar-refractivity contribution in [2.24, 2.45) is 11.7 Å². The first-order chi connectivity index (χ1) is 8.97. The van der Waals surface area contributed by atoms with Crippen LogP contribution < -0.4 is 5.73 Å². The summed E-state index contributed by atoms with van der Waals surface area (Å²) < 4.78 is 13.4. The zero-order valence-electron chi connectivity index (χ0n) is 11.9. The molecule has 1 atom stereocenters. The smallest absolute Gasteiger partial charge is 0.123 e. The van der Waals surface area contributed by atoms with Crippen molar-refractivity contribution in [2.45, 2.75) is 33.7 Å². The number of halogens is 1. The fraction of sp³-hybridized carbons (Fsp3) is 0.533. The van der Waals surface area contributed by atoms with Gasteiger partial charge < -0.3 is 5.73 Å². The maximum Gasteiger partial charge on any atom is 0.123 e. The number of benzene rings is 1. The number of nitrogens with zero attached hydrogens (tertiary/aromatic N) is 1. The van der Waals surface area contributed by atoms with Crippen LogP contribution >= 0.6 is 12.2 Å². The first-order valence-corrected chi connectivity index (χ1v) is 7.19. The Hall–Kier alpha value is -1.00. The van der Waals surface area contributed by atoms with Gasteiger partial charge in [-0.15, -0.1) is 0 Å². The summed E-state index contributed by atoms with van der Waals surface area (Å²) in [5.74, 6) is 0.386. The summed E-state index contributed by atoms with van der Waals surface area (Å²) in [6.07, 6.45) is 1.14. The maximum atomic E-state index is 13.4. The minimum atomic E-state index is -0.241. The Labute approximate surface area is 120 Å². The average Bonchev–Trinajstić information content (AvgIpc) is 2.37. The zero-order chi connectivity index (χ0) is 14.4. The van der Waals surface area contributed by atoms with Crippen molar-refractivity contribution in [3.05, 3.63) is 35.1 Å². The van der Waals surface area contributed by atoms with Gasteiger partial charge in [-0.05, 0) is 36.2 Å². The lowest BCUT2D eigenvalue weighted by Crippen LogP contribution is -2.29. The van der Waals surface area contributed by atoms with Gasteiger partial charge >= 0.3 is 0 Å². The Kier molecular flexibility index (Phi) is 6.38. The van der Waals surface area contributed by atoms with Gasteiger partial charge in [0.15, 0.2) is 0 Å². The molecule has 4 heteroatoms. The summed E-state index contributed by atoms with van der Waals surface area (Å²) in [5, 5.41) is 0. The zero-order valence-corrected chi connectivity index (χ0v) is 12.8. The molecule has 106 valence electrons. The van der Waals surface area contributed by atoms with E-state index in [9.17, 15) is 4.39 Å². The van der Waals surface area contributed by atoms with E-state index in [-0.39, 0.29) is 5.82 Å². The van der Waals surface area contributed by atoms with Crippen LogP contribution in [-0.2, 0) is 6.54 Å². The Morgan fingerprint density at radius 2 is 2.11 bits per heavy atom. The van der Waals surface area contributed by atoms with E-state index in [0.29, 0.717) is 17.5 Å². The van der Waals surface area contributed by atoms with Gasteiger partial charge in [0.25, 0.3) is 0 Å². The molecule has 0 saturated heterocycles. The van der Waals surface area contributed by atoms with Gasteiger partial charge in [-0.2, -0.15) is 0 Å². The first-order valence-electron chi connectivity index (χ1n) is 6.78. The summed E-state index contributed by atoms with van der Waals surface area (Å²) >= 11 is 5.03. The largest absolute Gasteiger partial charge is 0.389 e. The molecule has 0 aliphatic rings. The molecule has 2 N–H and O–H groups in total. The third kappa shape index (κ3) is 4.88. The number of hydrogen-bond donors (Lipinski definition) is 1. The predicted octanol–water partition coefficient (Wildman–Crippen LogP) is 3.33. The highest BCUT2D eigenvalue weighted by atomic mass is 32.1. The van der Waals surface area contributed by atoms with Crippen LogP contribution in [0.3, 0.4) is 0 Å². The molecule has 0 aromatic heterocycles. The Morgan fingerprint density at radius 1 is 1.42 bits per heavy atom. The van der Waals surface area contributed by atoms with Crippen LogP contribution in [0.5, 0.6) is 0 Å². The Bertz CT molecular complexity index is 434. The van der Waals surface area contributed by atoms with E-state index in [1.54, 1.807) is 6.07 Å². The van der Waals surface area contributed by atoms with Gasteiger partial charge in [0, 0.05) is 18.7 Å². The molecule has 0 bridgehead atoms. The molecule has 0 aliphatic heterocycles. The summed E-state index contributed by atoms with van der Waals surface area (Å²) in [4.78, 5) is 2.62. The molecule has 1 unspecified atom stereocenters. The highest BCUT2D eigenvalue weighted by Crippen LogP contribution is 2.15. The standard InChI is InChI=1S/C15H23FN2S/c1-4-11(3)9-18(5-2)10-12-8-13(16)6-7-14(12)15(17)19/h6-8,11H,4-5,9-10H2,1-3H3,(H2,17,19). The van der Waals surface area contributed by atoms with Crippen molar-refractivity contribution in [2.75, 3.05) is 13.1 Å². The van der Waals surface area contributed by atoms with Crippen molar-refractivity contribution < 1.29 is 4.39 Å². The summed E-state index contributed by atoms with van der Waals surface area (Å²) in [6, 6.07) is 4.61. The molecule has 1 aromatic rings. The normalized spacial score (nSPS) is 12.7. The van der Waals surface area contributed by atoms with Gasteiger partial charge in [0.05, 0.1) is 0 Å². The van der Waals surface area contributed by atoms with E-state index < -0.39 is 0 Å². The highest BCUT2D eigenvalue weighted by Gasteiger charge is 2.12. The van der Waals surface area contributed by atoms with Crippen LogP contribution in [0.25, 0.3) is 0 Å². The fourth-order valence-corrected chi connectivity index (χ4v) is 2.25.